The molecular formula is C10H21O5P. The van der Waals surface area contributed by atoms with Crippen LogP contribution in [0.1, 0.15) is 44.9 Å². The smallest absolute Gasteiger partial charge is 0.393 e. The summed E-state index contributed by atoms with van der Waals surface area (Å²) in [7, 11) is -3.83. The maximum absolute atomic E-state index is 11.3. The lowest BCUT2D eigenvalue weighted by atomic mass is 10.1. The van der Waals surface area contributed by atoms with Gasteiger partial charge >= 0.3 is 7.82 Å². The van der Waals surface area contributed by atoms with Crippen LogP contribution in [0.15, 0.2) is 0 Å². The van der Waals surface area contributed by atoms with Crippen LogP contribution in [0.4, 0.5) is 0 Å². The first kappa shape index (κ1) is 14.1. The second kappa shape index (κ2) is 7.41. The molecule has 2 atom stereocenters. The summed E-state index contributed by atoms with van der Waals surface area (Å²) in [6.45, 7) is 0.449. The van der Waals surface area contributed by atoms with E-state index in [1.165, 1.54) is 0 Å². The Hall–Kier alpha value is 0.0700. The van der Waals surface area contributed by atoms with Crippen molar-refractivity contribution in [2.45, 2.75) is 51.0 Å². The Bertz CT molecular complexity index is 233. The van der Waals surface area contributed by atoms with E-state index >= 15 is 0 Å². The first-order chi connectivity index (χ1) is 7.60. The van der Waals surface area contributed by atoms with Gasteiger partial charge in [-0.05, 0) is 32.1 Å². The van der Waals surface area contributed by atoms with Crippen molar-refractivity contribution < 1.29 is 23.6 Å². The summed E-state index contributed by atoms with van der Waals surface area (Å²) in [5.74, 6) is 0. The number of aliphatic hydroxyl groups excluding tert-OH is 1. The van der Waals surface area contributed by atoms with E-state index in [2.05, 4.69) is 0 Å². The van der Waals surface area contributed by atoms with Crippen molar-refractivity contribution in [3.05, 3.63) is 0 Å². The SMILES string of the molecule is O=P1(O)OCCCCCC(O)CCCCO1. The van der Waals surface area contributed by atoms with Gasteiger partial charge in [0.1, 0.15) is 0 Å². The number of phosphoric ester groups is 1. The highest BCUT2D eigenvalue weighted by Gasteiger charge is 2.20. The number of aliphatic hydroxyl groups is 1. The average Bonchev–Trinajstić information content (AvgIpc) is 2.22. The monoisotopic (exact) mass is 252 g/mol. The molecule has 2 N–H and O–H groups in total. The molecule has 1 aliphatic heterocycles. The fourth-order valence-electron chi connectivity index (χ4n) is 1.68. The molecule has 1 rings (SSSR count). The second-order valence-corrected chi connectivity index (χ2v) is 5.59. The van der Waals surface area contributed by atoms with Crippen LogP contribution in [0.5, 0.6) is 0 Å². The molecule has 1 heterocycles. The van der Waals surface area contributed by atoms with Crippen molar-refractivity contribution in [2.24, 2.45) is 0 Å². The first-order valence-electron chi connectivity index (χ1n) is 5.90. The zero-order valence-corrected chi connectivity index (χ0v) is 10.4. The maximum atomic E-state index is 11.3. The third-order valence-corrected chi connectivity index (χ3v) is 3.64. The van der Waals surface area contributed by atoms with Crippen LogP contribution in [0, 0.1) is 0 Å². The van der Waals surface area contributed by atoms with Crippen LogP contribution in [0.25, 0.3) is 0 Å². The van der Waals surface area contributed by atoms with Gasteiger partial charge in [0.15, 0.2) is 0 Å². The van der Waals surface area contributed by atoms with Gasteiger partial charge in [0.2, 0.25) is 0 Å². The Morgan fingerprint density at radius 3 is 2.06 bits per heavy atom. The molecule has 0 saturated carbocycles. The largest absolute Gasteiger partial charge is 0.472 e. The lowest BCUT2D eigenvalue weighted by Gasteiger charge is -2.11. The van der Waals surface area contributed by atoms with Crippen LogP contribution in [-0.2, 0) is 13.6 Å². The molecule has 16 heavy (non-hydrogen) atoms. The van der Waals surface area contributed by atoms with E-state index in [9.17, 15) is 14.6 Å². The number of hydrogen-bond donors (Lipinski definition) is 2. The minimum absolute atomic E-state index is 0.209. The summed E-state index contributed by atoms with van der Waals surface area (Å²) in [5.41, 5.74) is 0. The zero-order valence-electron chi connectivity index (χ0n) is 9.51. The Labute approximate surface area is 96.4 Å². The molecule has 5 nitrogen and oxygen atoms in total. The molecule has 0 aromatic carbocycles. The molecule has 0 amide bonds. The van der Waals surface area contributed by atoms with Crippen LogP contribution < -0.4 is 0 Å². The van der Waals surface area contributed by atoms with E-state index in [-0.39, 0.29) is 19.3 Å². The predicted molar refractivity (Wildman–Crippen MR) is 60.1 cm³/mol. The molecule has 0 radical (unpaired) electrons. The van der Waals surface area contributed by atoms with Crippen molar-refractivity contribution in [3.63, 3.8) is 0 Å². The highest BCUT2D eigenvalue weighted by Crippen LogP contribution is 2.43. The fourth-order valence-corrected chi connectivity index (χ4v) is 2.48. The quantitative estimate of drug-likeness (QED) is 0.646. The van der Waals surface area contributed by atoms with Gasteiger partial charge < -0.3 is 10.00 Å². The molecule has 0 spiro atoms. The van der Waals surface area contributed by atoms with Gasteiger partial charge in [0.25, 0.3) is 0 Å². The summed E-state index contributed by atoms with van der Waals surface area (Å²) in [4.78, 5) is 9.24. The Balaban J connectivity index is 2.34. The maximum Gasteiger partial charge on any atom is 0.472 e. The summed E-state index contributed by atoms with van der Waals surface area (Å²) >= 11 is 0. The molecule has 96 valence electrons. The molecule has 0 aromatic rings. The molecule has 0 aromatic heterocycles. The van der Waals surface area contributed by atoms with Crippen LogP contribution in [0.3, 0.4) is 0 Å². The van der Waals surface area contributed by atoms with Crippen molar-refractivity contribution in [1.29, 1.82) is 0 Å². The van der Waals surface area contributed by atoms with Crippen LogP contribution >= 0.6 is 7.82 Å². The van der Waals surface area contributed by atoms with Gasteiger partial charge in [0, 0.05) is 0 Å². The Morgan fingerprint density at radius 1 is 0.938 bits per heavy atom. The Kier molecular flexibility index (Phi) is 6.54. The van der Waals surface area contributed by atoms with Crippen molar-refractivity contribution in [1.82, 2.24) is 0 Å². The fraction of sp³-hybridized carbons (Fsp3) is 1.00. The molecule has 1 fully saturated rings. The standard InChI is InChI=1S/C10H21O5P/c11-10-6-2-1-4-8-14-16(12,13)15-9-5-3-7-10/h10-11H,1-9H2,(H,12,13). The van der Waals surface area contributed by atoms with E-state index in [4.69, 9.17) is 9.05 Å². The molecule has 6 heteroatoms. The lowest BCUT2D eigenvalue weighted by Crippen LogP contribution is -2.06. The average molecular weight is 252 g/mol. The minimum Gasteiger partial charge on any atom is -0.393 e. The topological polar surface area (TPSA) is 76.0 Å². The van der Waals surface area contributed by atoms with E-state index in [1.807, 2.05) is 0 Å². The molecular weight excluding hydrogens is 231 g/mol. The van der Waals surface area contributed by atoms with Gasteiger partial charge in [-0.3, -0.25) is 9.05 Å². The third kappa shape index (κ3) is 6.61. The lowest BCUT2D eigenvalue weighted by molar-refractivity contribution is 0.140. The van der Waals surface area contributed by atoms with E-state index in [0.717, 1.165) is 38.5 Å². The van der Waals surface area contributed by atoms with Gasteiger partial charge in [0.05, 0.1) is 19.3 Å². The van der Waals surface area contributed by atoms with Crippen molar-refractivity contribution >= 4 is 7.82 Å². The van der Waals surface area contributed by atoms with Crippen LogP contribution in [0.2, 0.25) is 0 Å². The molecule has 0 aliphatic carbocycles. The summed E-state index contributed by atoms with van der Waals surface area (Å²) in [6, 6.07) is 0. The van der Waals surface area contributed by atoms with Gasteiger partial charge in [-0.25, -0.2) is 4.57 Å². The van der Waals surface area contributed by atoms with Crippen LogP contribution in [-0.4, -0.2) is 29.3 Å². The number of hydrogen-bond acceptors (Lipinski definition) is 4. The summed E-state index contributed by atoms with van der Waals surface area (Å²) in [5, 5.41) is 9.59. The molecule has 0 bridgehead atoms. The second-order valence-electron chi connectivity index (χ2n) is 4.13. The number of phosphoric acid groups is 1. The Morgan fingerprint density at radius 2 is 1.44 bits per heavy atom. The predicted octanol–water partition coefficient (Wildman–Crippen LogP) is 2.23. The summed E-state index contributed by atoms with van der Waals surface area (Å²) < 4.78 is 20.9. The highest BCUT2D eigenvalue weighted by atomic mass is 31.2. The minimum atomic E-state index is -3.83. The van der Waals surface area contributed by atoms with Crippen molar-refractivity contribution in [3.8, 4) is 0 Å². The first-order valence-corrected chi connectivity index (χ1v) is 7.40. The molecule has 2 unspecified atom stereocenters. The van der Waals surface area contributed by atoms with E-state index in [1.54, 1.807) is 0 Å². The highest BCUT2D eigenvalue weighted by molar-refractivity contribution is 7.47. The van der Waals surface area contributed by atoms with Crippen molar-refractivity contribution in [2.75, 3.05) is 13.2 Å². The molecule has 1 aliphatic rings. The summed E-state index contributed by atoms with van der Waals surface area (Å²) in [6.07, 6.45) is 5.32. The van der Waals surface area contributed by atoms with E-state index < -0.39 is 7.82 Å². The number of rotatable bonds is 0. The van der Waals surface area contributed by atoms with Gasteiger partial charge in [-0.1, -0.05) is 12.8 Å². The van der Waals surface area contributed by atoms with Gasteiger partial charge in [-0.15, -0.1) is 0 Å². The zero-order chi connectivity index (χ0) is 11.9. The normalized spacial score (nSPS) is 35.8. The third-order valence-electron chi connectivity index (χ3n) is 2.62. The molecule has 1 saturated heterocycles. The van der Waals surface area contributed by atoms with E-state index in [0.29, 0.717) is 6.42 Å². The van der Waals surface area contributed by atoms with Gasteiger partial charge in [-0.2, -0.15) is 0 Å².